The molecular formula is C29H27FN4O3. The number of halogens is 1. The Bertz CT molecular complexity index is 1380. The van der Waals surface area contributed by atoms with E-state index in [2.05, 4.69) is 15.2 Å². The third-order valence-corrected chi connectivity index (χ3v) is 6.59. The van der Waals surface area contributed by atoms with Crippen molar-refractivity contribution in [1.82, 2.24) is 15.2 Å². The summed E-state index contributed by atoms with van der Waals surface area (Å²) in [4.78, 5) is 34.7. The second-order valence-electron chi connectivity index (χ2n) is 8.94. The average Bonchev–Trinajstić information content (AvgIpc) is 3.44. The minimum Gasteiger partial charge on any atom is -0.443 e. The van der Waals surface area contributed by atoms with Crippen LogP contribution >= 0.6 is 0 Å². The Hall–Kier alpha value is -4.46. The molecule has 0 radical (unpaired) electrons. The minimum atomic E-state index is -0.379. The van der Waals surface area contributed by atoms with Gasteiger partial charge in [-0.2, -0.15) is 0 Å². The van der Waals surface area contributed by atoms with Crippen LogP contribution in [0.4, 0.5) is 10.1 Å². The third kappa shape index (κ3) is 5.23. The summed E-state index contributed by atoms with van der Waals surface area (Å²) in [6.45, 7) is 4.20. The summed E-state index contributed by atoms with van der Waals surface area (Å²) in [6, 6.07) is 22.9. The molecule has 7 nitrogen and oxygen atoms in total. The fourth-order valence-corrected chi connectivity index (χ4v) is 4.55. The smallest absolute Gasteiger partial charge is 0.274 e. The molecule has 5 rings (SSSR count). The second kappa shape index (κ2) is 10.7. The van der Waals surface area contributed by atoms with Gasteiger partial charge in [-0.15, -0.1) is 0 Å². The van der Waals surface area contributed by atoms with Crippen molar-refractivity contribution in [3.8, 4) is 11.3 Å². The lowest BCUT2D eigenvalue weighted by atomic mass is 10.0. The maximum Gasteiger partial charge on any atom is 0.274 e. The first kappa shape index (κ1) is 24.2. The zero-order chi connectivity index (χ0) is 25.8. The number of amides is 2. The van der Waals surface area contributed by atoms with E-state index in [4.69, 9.17) is 4.42 Å². The molecule has 1 unspecified atom stereocenters. The molecule has 0 aliphatic carbocycles. The third-order valence-electron chi connectivity index (χ3n) is 6.59. The average molecular weight is 499 g/mol. The van der Waals surface area contributed by atoms with Gasteiger partial charge in [-0.05, 0) is 42.8 Å². The van der Waals surface area contributed by atoms with E-state index in [1.54, 1.807) is 41.3 Å². The zero-order valence-electron chi connectivity index (χ0n) is 20.4. The van der Waals surface area contributed by atoms with Gasteiger partial charge in [0.2, 0.25) is 0 Å². The molecule has 0 saturated carbocycles. The molecule has 1 atom stereocenters. The largest absolute Gasteiger partial charge is 0.443 e. The lowest BCUT2D eigenvalue weighted by molar-refractivity contribution is 0.0747. The number of carbonyl (C=O) groups excluding carboxylic acids is 2. The topological polar surface area (TPSA) is 78.7 Å². The SMILES string of the molecule is CC(NC(=O)c1ncoc1-c1ccccc1C(=O)N1CCN(c2ccc(F)cc2)CC1)c1ccccc1. The van der Waals surface area contributed by atoms with Crippen LogP contribution in [-0.2, 0) is 0 Å². The number of rotatable bonds is 6. The Kier molecular flexibility index (Phi) is 6.98. The molecule has 3 aromatic carbocycles. The van der Waals surface area contributed by atoms with Gasteiger partial charge in [-0.25, -0.2) is 9.37 Å². The molecule has 0 bridgehead atoms. The van der Waals surface area contributed by atoms with Crippen LogP contribution in [0.2, 0.25) is 0 Å². The summed E-state index contributed by atoms with van der Waals surface area (Å²) in [5.41, 5.74) is 2.99. The van der Waals surface area contributed by atoms with Crippen molar-refractivity contribution >= 4 is 17.5 Å². The van der Waals surface area contributed by atoms with E-state index in [0.717, 1.165) is 11.3 Å². The number of hydrogen-bond donors (Lipinski definition) is 1. The van der Waals surface area contributed by atoms with Crippen molar-refractivity contribution in [1.29, 1.82) is 0 Å². The van der Waals surface area contributed by atoms with Gasteiger partial charge in [-0.1, -0.05) is 48.5 Å². The van der Waals surface area contributed by atoms with Gasteiger partial charge in [0.05, 0.1) is 11.6 Å². The van der Waals surface area contributed by atoms with Crippen LogP contribution in [0.25, 0.3) is 11.3 Å². The Morgan fingerprint density at radius 2 is 1.59 bits per heavy atom. The number of piperazine rings is 1. The van der Waals surface area contributed by atoms with Crippen molar-refractivity contribution in [3.63, 3.8) is 0 Å². The van der Waals surface area contributed by atoms with E-state index >= 15 is 0 Å². The van der Waals surface area contributed by atoms with Crippen molar-refractivity contribution in [2.24, 2.45) is 0 Å². The molecule has 1 fully saturated rings. The number of carbonyl (C=O) groups is 2. The highest BCUT2D eigenvalue weighted by Crippen LogP contribution is 2.29. The van der Waals surface area contributed by atoms with E-state index in [1.165, 1.54) is 18.5 Å². The molecule has 1 aliphatic heterocycles. The van der Waals surface area contributed by atoms with Crippen LogP contribution in [0.1, 0.15) is 39.4 Å². The van der Waals surface area contributed by atoms with E-state index < -0.39 is 0 Å². The Labute approximate surface area is 214 Å². The summed E-state index contributed by atoms with van der Waals surface area (Å²) < 4.78 is 18.9. The summed E-state index contributed by atoms with van der Waals surface area (Å²) in [5.74, 6) is -0.541. The van der Waals surface area contributed by atoms with Gasteiger partial charge in [0.25, 0.3) is 11.8 Å². The van der Waals surface area contributed by atoms with Gasteiger partial charge < -0.3 is 19.5 Å². The van der Waals surface area contributed by atoms with Crippen molar-refractivity contribution < 1.29 is 18.4 Å². The van der Waals surface area contributed by atoms with Crippen LogP contribution in [0.15, 0.2) is 89.7 Å². The highest BCUT2D eigenvalue weighted by Gasteiger charge is 2.28. The molecule has 188 valence electrons. The summed E-state index contributed by atoms with van der Waals surface area (Å²) >= 11 is 0. The highest BCUT2D eigenvalue weighted by atomic mass is 19.1. The lowest BCUT2D eigenvalue weighted by Gasteiger charge is -2.36. The first-order valence-electron chi connectivity index (χ1n) is 12.2. The molecule has 0 spiro atoms. The van der Waals surface area contributed by atoms with Crippen LogP contribution < -0.4 is 10.2 Å². The Morgan fingerprint density at radius 1 is 0.919 bits per heavy atom. The maximum absolute atomic E-state index is 13.5. The quantitative estimate of drug-likeness (QED) is 0.408. The second-order valence-corrected chi connectivity index (χ2v) is 8.94. The summed E-state index contributed by atoms with van der Waals surface area (Å²) in [7, 11) is 0. The van der Waals surface area contributed by atoms with Crippen LogP contribution in [0, 0.1) is 5.82 Å². The number of nitrogens with zero attached hydrogens (tertiary/aromatic N) is 3. The number of aromatic nitrogens is 1. The van der Waals surface area contributed by atoms with Crippen molar-refractivity contribution in [2.45, 2.75) is 13.0 Å². The van der Waals surface area contributed by atoms with Crippen LogP contribution in [0.5, 0.6) is 0 Å². The monoisotopic (exact) mass is 498 g/mol. The predicted molar refractivity (Wildman–Crippen MR) is 139 cm³/mol. The number of benzene rings is 3. The normalized spacial score (nSPS) is 14.3. The molecule has 2 amide bonds. The van der Waals surface area contributed by atoms with Gasteiger partial charge in [0, 0.05) is 37.4 Å². The van der Waals surface area contributed by atoms with E-state index in [-0.39, 0.29) is 35.1 Å². The fourth-order valence-electron chi connectivity index (χ4n) is 4.55. The Balaban J connectivity index is 1.32. The number of oxazole rings is 1. The molecule has 1 N–H and O–H groups in total. The molecular weight excluding hydrogens is 471 g/mol. The number of anilines is 1. The molecule has 37 heavy (non-hydrogen) atoms. The summed E-state index contributed by atoms with van der Waals surface area (Å²) in [6.07, 6.45) is 1.22. The molecule has 2 heterocycles. The van der Waals surface area contributed by atoms with Gasteiger partial charge >= 0.3 is 0 Å². The number of hydrogen-bond acceptors (Lipinski definition) is 5. The molecule has 4 aromatic rings. The van der Waals surface area contributed by atoms with Gasteiger partial charge in [0.1, 0.15) is 5.82 Å². The van der Waals surface area contributed by atoms with Crippen LogP contribution in [0.3, 0.4) is 0 Å². The predicted octanol–water partition coefficient (Wildman–Crippen LogP) is 4.93. The van der Waals surface area contributed by atoms with E-state index in [0.29, 0.717) is 37.3 Å². The van der Waals surface area contributed by atoms with Crippen molar-refractivity contribution in [3.05, 3.63) is 108 Å². The zero-order valence-corrected chi connectivity index (χ0v) is 20.4. The lowest BCUT2D eigenvalue weighted by Crippen LogP contribution is -2.48. The minimum absolute atomic E-state index is 0.129. The standard InChI is InChI=1S/C29H27FN4O3/c1-20(21-7-3-2-4-8-21)32-28(35)26-27(37-19-31-26)24-9-5-6-10-25(24)29(36)34-17-15-33(16-18-34)23-13-11-22(30)12-14-23/h2-14,19-20H,15-18H2,1H3,(H,32,35). The van der Waals surface area contributed by atoms with Gasteiger partial charge in [-0.3, -0.25) is 9.59 Å². The van der Waals surface area contributed by atoms with Crippen molar-refractivity contribution in [2.75, 3.05) is 31.1 Å². The van der Waals surface area contributed by atoms with Crippen LogP contribution in [-0.4, -0.2) is 47.9 Å². The summed E-state index contributed by atoms with van der Waals surface area (Å²) in [5, 5.41) is 2.96. The van der Waals surface area contributed by atoms with Gasteiger partial charge in [0.15, 0.2) is 17.8 Å². The molecule has 1 aromatic heterocycles. The Morgan fingerprint density at radius 3 is 2.32 bits per heavy atom. The first-order chi connectivity index (χ1) is 18.0. The van der Waals surface area contributed by atoms with E-state index in [1.807, 2.05) is 37.3 Å². The highest BCUT2D eigenvalue weighted by molar-refractivity contribution is 6.04. The molecule has 1 saturated heterocycles. The number of nitrogens with one attached hydrogen (secondary N) is 1. The molecule has 8 heteroatoms. The fraction of sp³-hybridized carbons (Fsp3) is 0.207. The maximum atomic E-state index is 13.5. The first-order valence-corrected chi connectivity index (χ1v) is 12.2. The van der Waals surface area contributed by atoms with E-state index in [9.17, 15) is 14.0 Å². The molecule has 1 aliphatic rings.